The first kappa shape index (κ1) is 4.25. The van der Waals surface area contributed by atoms with E-state index in [1.807, 2.05) is 6.07 Å². The fourth-order valence-electron chi connectivity index (χ4n) is 0.484. The summed E-state index contributed by atoms with van der Waals surface area (Å²) in [6.07, 6.45) is 0.816. The maximum absolute atomic E-state index is 8.16. The molecule has 1 heterocycles. The summed E-state index contributed by atoms with van der Waals surface area (Å²) < 4.78 is 0. The molecule has 0 saturated carbocycles. The molecule has 0 radical (unpaired) electrons. The summed E-state index contributed by atoms with van der Waals surface area (Å²) in [7, 11) is 0. The van der Waals surface area contributed by atoms with E-state index in [4.69, 9.17) is 5.26 Å². The third kappa shape index (κ3) is 0.743. The van der Waals surface area contributed by atoms with Crippen LogP contribution in [0.15, 0.2) is 10.2 Å². The molecule has 1 atom stereocenters. The van der Waals surface area contributed by atoms with Gasteiger partial charge in [-0.2, -0.15) is 15.5 Å². The molecule has 1 rings (SSSR count). The van der Waals surface area contributed by atoms with Crippen LogP contribution >= 0.6 is 0 Å². The van der Waals surface area contributed by atoms with Gasteiger partial charge in [-0.1, -0.05) is 0 Å². The molecule has 0 amide bonds. The Morgan fingerprint density at radius 2 is 2.57 bits per heavy atom. The van der Waals surface area contributed by atoms with Gasteiger partial charge >= 0.3 is 0 Å². The molecule has 36 valence electrons. The van der Waals surface area contributed by atoms with Crippen LogP contribution in [-0.2, 0) is 0 Å². The average Bonchev–Trinajstić information content (AvgIpc) is 2.14. The Hall–Kier alpha value is -0.910. The molecule has 1 aliphatic rings. The largest absolute Gasteiger partial charge is 0.196 e. The number of nitriles is 1. The SMILES string of the molecule is N#CC1CCN=N1. The molecule has 0 aliphatic carbocycles. The van der Waals surface area contributed by atoms with Gasteiger partial charge in [-0.05, 0) is 0 Å². The van der Waals surface area contributed by atoms with E-state index in [2.05, 4.69) is 10.2 Å². The summed E-state index contributed by atoms with van der Waals surface area (Å²) in [4.78, 5) is 0. The molecule has 0 bridgehead atoms. The Morgan fingerprint density at radius 3 is 2.86 bits per heavy atom. The highest BCUT2D eigenvalue weighted by Gasteiger charge is 2.08. The molecule has 1 aliphatic heterocycles. The van der Waals surface area contributed by atoms with Crippen LogP contribution in [0.4, 0.5) is 0 Å². The van der Waals surface area contributed by atoms with Crippen molar-refractivity contribution in [1.29, 1.82) is 5.26 Å². The monoisotopic (exact) mass is 95.0 g/mol. The maximum Gasteiger partial charge on any atom is 0.159 e. The van der Waals surface area contributed by atoms with E-state index in [1.54, 1.807) is 0 Å². The highest BCUT2D eigenvalue weighted by Crippen LogP contribution is 2.04. The topological polar surface area (TPSA) is 48.5 Å². The molecule has 0 aromatic rings. The fourth-order valence-corrected chi connectivity index (χ4v) is 0.484. The van der Waals surface area contributed by atoms with E-state index < -0.39 is 0 Å². The lowest BCUT2D eigenvalue weighted by atomic mass is 10.3. The Bertz CT molecular complexity index is 121. The van der Waals surface area contributed by atoms with Crippen molar-refractivity contribution in [2.24, 2.45) is 10.2 Å². The predicted molar refractivity (Wildman–Crippen MR) is 23.7 cm³/mol. The molecule has 3 heteroatoms. The molecule has 0 spiro atoms. The summed E-state index contributed by atoms with van der Waals surface area (Å²) in [6, 6.07) is 1.86. The number of azo groups is 1. The van der Waals surface area contributed by atoms with Crippen LogP contribution in [-0.4, -0.2) is 12.6 Å². The van der Waals surface area contributed by atoms with Gasteiger partial charge in [0.25, 0.3) is 0 Å². The molecular weight excluding hydrogens is 90.1 g/mol. The first-order valence-electron chi connectivity index (χ1n) is 2.19. The molecule has 0 N–H and O–H groups in total. The minimum absolute atomic E-state index is 0.139. The Kier molecular flexibility index (Phi) is 1.03. The summed E-state index contributed by atoms with van der Waals surface area (Å²) >= 11 is 0. The molecule has 7 heavy (non-hydrogen) atoms. The van der Waals surface area contributed by atoms with Crippen LogP contribution < -0.4 is 0 Å². The van der Waals surface area contributed by atoms with E-state index in [9.17, 15) is 0 Å². The molecule has 0 fully saturated rings. The van der Waals surface area contributed by atoms with Gasteiger partial charge in [0, 0.05) is 6.42 Å². The van der Waals surface area contributed by atoms with Crippen LogP contribution in [0, 0.1) is 11.3 Å². The molecular formula is C4H5N3. The lowest BCUT2D eigenvalue weighted by Crippen LogP contribution is -1.92. The van der Waals surface area contributed by atoms with Crippen molar-refractivity contribution in [3.05, 3.63) is 0 Å². The van der Waals surface area contributed by atoms with Crippen LogP contribution in [0.3, 0.4) is 0 Å². The number of rotatable bonds is 0. The quantitative estimate of drug-likeness (QED) is 0.437. The van der Waals surface area contributed by atoms with Crippen molar-refractivity contribution >= 4 is 0 Å². The highest BCUT2D eigenvalue weighted by molar-refractivity contribution is 4.91. The molecule has 0 aromatic carbocycles. The molecule has 1 unspecified atom stereocenters. The van der Waals surface area contributed by atoms with Gasteiger partial charge < -0.3 is 0 Å². The summed E-state index contributed by atoms with van der Waals surface area (Å²) in [5.41, 5.74) is 0. The average molecular weight is 95.1 g/mol. The second-order valence-electron chi connectivity index (χ2n) is 1.41. The Balaban J connectivity index is 2.47. The van der Waals surface area contributed by atoms with Crippen molar-refractivity contribution < 1.29 is 0 Å². The first-order chi connectivity index (χ1) is 3.43. The third-order valence-electron chi connectivity index (χ3n) is 0.873. The van der Waals surface area contributed by atoms with Gasteiger partial charge in [0.1, 0.15) is 0 Å². The van der Waals surface area contributed by atoms with Gasteiger partial charge in [-0.25, -0.2) is 0 Å². The van der Waals surface area contributed by atoms with Crippen LogP contribution in [0.5, 0.6) is 0 Å². The zero-order chi connectivity index (χ0) is 5.11. The summed E-state index contributed by atoms with van der Waals surface area (Å²) in [6.45, 7) is 0.734. The van der Waals surface area contributed by atoms with E-state index in [1.165, 1.54) is 0 Å². The van der Waals surface area contributed by atoms with Crippen molar-refractivity contribution in [3.63, 3.8) is 0 Å². The van der Waals surface area contributed by atoms with Crippen molar-refractivity contribution in [2.75, 3.05) is 6.54 Å². The lowest BCUT2D eigenvalue weighted by molar-refractivity contribution is 0.845. The van der Waals surface area contributed by atoms with Crippen LogP contribution in [0.25, 0.3) is 0 Å². The minimum Gasteiger partial charge on any atom is -0.196 e. The predicted octanol–water partition coefficient (Wildman–Crippen LogP) is 0.734. The van der Waals surface area contributed by atoms with Gasteiger partial charge in [-0.3, -0.25) is 0 Å². The smallest absolute Gasteiger partial charge is 0.159 e. The van der Waals surface area contributed by atoms with Crippen LogP contribution in [0.1, 0.15) is 6.42 Å². The zero-order valence-corrected chi connectivity index (χ0v) is 3.83. The number of nitrogens with zero attached hydrogens (tertiary/aromatic N) is 3. The molecule has 3 nitrogen and oxygen atoms in total. The van der Waals surface area contributed by atoms with Gasteiger partial charge in [0.2, 0.25) is 0 Å². The highest BCUT2D eigenvalue weighted by atomic mass is 15.1. The number of hydrogen-bond donors (Lipinski definition) is 0. The molecule has 0 saturated heterocycles. The van der Waals surface area contributed by atoms with Gasteiger partial charge in [0.05, 0.1) is 12.6 Å². The van der Waals surface area contributed by atoms with E-state index in [0.29, 0.717) is 0 Å². The van der Waals surface area contributed by atoms with Gasteiger partial charge in [0.15, 0.2) is 6.04 Å². The van der Waals surface area contributed by atoms with Crippen molar-refractivity contribution in [1.82, 2.24) is 0 Å². The third-order valence-corrected chi connectivity index (χ3v) is 0.873. The number of hydrogen-bond acceptors (Lipinski definition) is 3. The fraction of sp³-hybridized carbons (Fsp3) is 0.750. The Labute approximate surface area is 41.7 Å². The Morgan fingerprint density at radius 1 is 1.71 bits per heavy atom. The van der Waals surface area contributed by atoms with E-state index >= 15 is 0 Å². The normalized spacial score (nSPS) is 27.6. The lowest BCUT2D eigenvalue weighted by Gasteiger charge is -1.81. The first-order valence-corrected chi connectivity index (χ1v) is 2.19. The summed E-state index contributed by atoms with van der Waals surface area (Å²) in [5, 5.41) is 15.4. The zero-order valence-electron chi connectivity index (χ0n) is 3.83. The molecule has 0 aromatic heterocycles. The van der Waals surface area contributed by atoms with Crippen molar-refractivity contribution in [2.45, 2.75) is 12.5 Å². The second-order valence-corrected chi connectivity index (χ2v) is 1.41. The van der Waals surface area contributed by atoms with E-state index in [0.717, 1.165) is 13.0 Å². The summed E-state index contributed by atoms with van der Waals surface area (Å²) in [5.74, 6) is 0. The standard InChI is InChI=1S/C4H5N3/c5-3-4-1-2-6-7-4/h4H,1-2H2. The van der Waals surface area contributed by atoms with Crippen LogP contribution in [0.2, 0.25) is 0 Å². The van der Waals surface area contributed by atoms with Crippen molar-refractivity contribution in [3.8, 4) is 6.07 Å². The van der Waals surface area contributed by atoms with E-state index in [-0.39, 0.29) is 6.04 Å². The minimum atomic E-state index is -0.139. The second kappa shape index (κ2) is 1.69. The van der Waals surface area contributed by atoms with Gasteiger partial charge in [-0.15, -0.1) is 0 Å². The maximum atomic E-state index is 8.16.